The highest BCUT2D eigenvalue weighted by Gasteiger charge is 2.28. The molecule has 4 heterocycles. The summed E-state index contributed by atoms with van der Waals surface area (Å²) in [7, 11) is 0. The molecule has 0 radical (unpaired) electrons. The lowest BCUT2D eigenvalue weighted by molar-refractivity contribution is -0.120. The predicted molar refractivity (Wildman–Crippen MR) is 94.9 cm³/mol. The summed E-state index contributed by atoms with van der Waals surface area (Å²) >= 11 is 6.38. The van der Waals surface area contributed by atoms with Crippen molar-refractivity contribution in [3.05, 3.63) is 28.9 Å². The van der Waals surface area contributed by atoms with Crippen molar-refractivity contribution in [2.75, 3.05) is 18.0 Å². The first-order chi connectivity index (χ1) is 12.0. The number of anilines is 1. The van der Waals surface area contributed by atoms with Crippen LogP contribution in [0.3, 0.4) is 0 Å². The van der Waals surface area contributed by atoms with Crippen molar-refractivity contribution in [1.29, 1.82) is 0 Å². The van der Waals surface area contributed by atoms with Gasteiger partial charge in [-0.25, -0.2) is 9.97 Å². The molecule has 2 aromatic heterocycles. The molecule has 2 saturated heterocycles. The second kappa shape index (κ2) is 6.15. The van der Waals surface area contributed by atoms with E-state index in [-0.39, 0.29) is 11.8 Å². The number of nitrogens with zero attached hydrogens (tertiary/aromatic N) is 3. The van der Waals surface area contributed by atoms with Gasteiger partial charge in [0.15, 0.2) is 5.65 Å². The second-order valence-electron chi connectivity index (χ2n) is 6.50. The number of hydrogen-bond donors (Lipinski definition) is 2. The summed E-state index contributed by atoms with van der Waals surface area (Å²) in [6.45, 7) is 3.64. The van der Waals surface area contributed by atoms with Crippen LogP contribution >= 0.6 is 11.6 Å². The molecule has 2 atom stereocenters. The monoisotopic (exact) mass is 359 g/mol. The van der Waals surface area contributed by atoms with Crippen molar-refractivity contribution in [3.8, 4) is 0 Å². The van der Waals surface area contributed by atoms with Crippen LogP contribution in [0.4, 0.5) is 5.82 Å². The van der Waals surface area contributed by atoms with Gasteiger partial charge in [0.05, 0.1) is 10.6 Å². The zero-order chi connectivity index (χ0) is 17.6. The van der Waals surface area contributed by atoms with Crippen LogP contribution < -0.4 is 15.5 Å². The summed E-state index contributed by atoms with van der Waals surface area (Å²) in [5.41, 5.74) is 0.934. The number of halogens is 1. The second-order valence-corrected chi connectivity index (χ2v) is 6.91. The van der Waals surface area contributed by atoms with Crippen LogP contribution in [0.2, 0.25) is 5.02 Å². The first-order valence-corrected chi connectivity index (χ1v) is 8.72. The number of carbonyl (C=O) groups excluding carboxylic acids is 2. The van der Waals surface area contributed by atoms with Gasteiger partial charge in [-0.2, -0.15) is 0 Å². The third-order valence-corrected chi connectivity index (χ3v) is 5.09. The van der Waals surface area contributed by atoms with Crippen molar-refractivity contribution >= 4 is 40.3 Å². The first kappa shape index (κ1) is 16.1. The standard InChI is InChI=1S/C17H18ClN5O2/c1-9-3-5-23(9)15-12(18)7-10-6-11(8-20-14(10)22-15)16(24)21-13-2-4-19-17(13)25/h6-9,13H,2-5H2,1H3,(H,19,25)(H,21,24). The van der Waals surface area contributed by atoms with Crippen molar-refractivity contribution in [2.45, 2.75) is 31.8 Å². The Bertz CT molecular complexity index is 871. The zero-order valence-corrected chi connectivity index (χ0v) is 14.5. The molecule has 2 amide bonds. The molecule has 0 bridgehead atoms. The van der Waals surface area contributed by atoms with E-state index in [4.69, 9.17) is 11.6 Å². The van der Waals surface area contributed by atoms with Crippen LogP contribution in [0.1, 0.15) is 30.1 Å². The number of nitrogens with one attached hydrogen (secondary N) is 2. The molecule has 25 heavy (non-hydrogen) atoms. The molecule has 0 aromatic carbocycles. The molecule has 7 nitrogen and oxygen atoms in total. The molecule has 2 aliphatic heterocycles. The van der Waals surface area contributed by atoms with Gasteiger partial charge in [-0.3, -0.25) is 9.59 Å². The Labute approximate surface area is 149 Å². The number of amides is 2. The highest BCUT2D eigenvalue weighted by Crippen LogP contribution is 2.32. The average molecular weight is 360 g/mol. The summed E-state index contributed by atoms with van der Waals surface area (Å²) in [5.74, 6) is 0.258. The zero-order valence-electron chi connectivity index (χ0n) is 13.8. The maximum atomic E-state index is 12.4. The van der Waals surface area contributed by atoms with Gasteiger partial charge in [0.25, 0.3) is 5.91 Å². The Hall–Kier alpha value is -2.41. The fourth-order valence-corrected chi connectivity index (χ4v) is 3.43. The highest BCUT2D eigenvalue weighted by atomic mass is 35.5. The summed E-state index contributed by atoms with van der Waals surface area (Å²) in [6, 6.07) is 3.42. The fraction of sp³-hybridized carbons (Fsp3) is 0.412. The predicted octanol–water partition coefficient (Wildman–Crippen LogP) is 1.50. The molecule has 130 valence electrons. The molecule has 0 aliphatic carbocycles. The smallest absolute Gasteiger partial charge is 0.253 e. The average Bonchev–Trinajstić information content (AvgIpc) is 2.98. The van der Waals surface area contributed by atoms with Gasteiger partial charge in [-0.15, -0.1) is 0 Å². The molecular weight excluding hydrogens is 342 g/mol. The molecule has 2 N–H and O–H groups in total. The quantitative estimate of drug-likeness (QED) is 0.867. The topological polar surface area (TPSA) is 87.2 Å². The largest absolute Gasteiger partial charge is 0.354 e. The molecule has 0 saturated carbocycles. The van der Waals surface area contributed by atoms with Gasteiger partial charge in [0.2, 0.25) is 5.91 Å². The van der Waals surface area contributed by atoms with Crippen LogP contribution in [-0.2, 0) is 4.79 Å². The Morgan fingerprint density at radius 1 is 1.40 bits per heavy atom. The Morgan fingerprint density at radius 3 is 2.88 bits per heavy atom. The van der Waals surface area contributed by atoms with E-state index >= 15 is 0 Å². The highest BCUT2D eigenvalue weighted by molar-refractivity contribution is 6.33. The van der Waals surface area contributed by atoms with E-state index < -0.39 is 6.04 Å². The van der Waals surface area contributed by atoms with Crippen molar-refractivity contribution in [2.24, 2.45) is 0 Å². The third kappa shape index (κ3) is 2.89. The first-order valence-electron chi connectivity index (χ1n) is 8.34. The lowest BCUT2D eigenvalue weighted by Crippen LogP contribution is -2.46. The molecule has 2 fully saturated rings. The van der Waals surface area contributed by atoms with Gasteiger partial charge in [-0.05, 0) is 31.9 Å². The van der Waals surface area contributed by atoms with E-state index in [9.17, 15) is 9.59 Å². The van der Waals surface area contributed by atoms with Crippen LogP contribution in [-0.4, -0.2) is 47.0 Å². The maximum absolute atomic E-state index is 12.4. The lowest BCUT2D eigenvalue weighted by Gasteiger charge is -2.40. The van der Waals surface area contributed by atoms with E-state index in [1.54, 1.807) is 12.1 Å². The van der Waals surface area contributed by atoms with Gasteiger partial charge in [0, 0.05) is 30.7 Å². The van der Waals surface area contributed by atoms with E-state index in [0.29, 0.717) is 40.6 Å². The minimum Gasteiger partial charge on any atom is -0.354 e. The molecule has 4 rings (SSSR count). The molecule has 2 aromatic rings. The molecule has 0 spiro atoms. The fourth-order valence-electron chi connectivity index (χ4n) is 3.16. The summed E-state index contributed by atoms with van der Waals surface area (Å²) in [6.07, 6.45) is 3.20. The van der Waals surface area contributed by atoms with Crippen molar-refractivity contribution < 1.29 is 9.59 Å². The molecule has 2 aliphatic rings. The van der Waals surface area contributed by atoms with Gasteiger partial charge >= 0.3 is 0 Å². The lowest BCUT2D eigenvalue weighted by atomic mass is 10.1. The number of pyridine rings is 2. The van der Waals surface area contributed by atoms with E-state index in [1.807, 2.05) is 0 Å². The normalized spacial score (nSPS) is 22.6. The third-order valence-electron chi connectivity index (χ3n) is 4.81. The molecular formula is C17H18ClN5O2. The van der Waals surface area contributed by atoms with Crippen LogP contribution in [0.5, 0.6) is 0 Å². The minimum atomic E-state index is -0.486. The van der Waals surface area contributed by atoms with Crippen molar-refractivity contribution in [1.82, 2.24) is 20.6 Å². The van der Waals surface area contributed by atoms with E-state index in [0.717, 1.165) is 18.8 Å². The number of hydrogen-bond acceptors (Lipinski definition) is 5. The molecule has 8 heteroatoms. The number of rotatable bonds is 3. The Morgan fingerprint density at radius 2 is 2.24 bits per heavy atom. The Kier molecular flexibility index (Phi) is 3.95. The number of fused-ring (bicyclic) bond motifs is 1. The summed E-state index contributed by atoms with van der Waals surface area (Å²) in [5, 5.41) is 6.67. The minimum absolute atomic E-state index is 0.153. The van der Waals surface area contributed by atoms with Gasteiger partial charge in [0.1, 0.15) is 11.9 Å². The van der Waals surface area contributed by atoms with Crippen molar-refractivity contribution in [3.63, 3.8) is 0 Å². The Balaban J connectivity index is 1.60. The van der Waals surface area contributed by atoms with Crippen LogP contribution in [0.25, 0.3) is 11.0 Å². The van der Waals surface area contributed by atoms with Crippen LogP contribution in [0.15, 0.2) is 18.3 Å². The SMILES string of the molecule is CC1CCN1c1nc2ncc(C(=O)NC3CCNC3=O)cc2cc1Cl. The van der Waals surface area contributed by atoms with Gasteiger partial charge in [-0.1, -0.05) is 11.6 Å². The van der Waals surface area contributed by atoms with E-state index in [1.165, 1.54) is 6.20 Å². The summed E-state index contributed by atoms with van der Waals surface area (Å²) in [4.78, 5) is 34.9. The maximum Gasteiger partial charge on any atom is 0.253 e. The molecule has 2 unspecified atom stereocenters. The number of aromatic nitrogens is 2. The number of carbonyl (C=O) groups is 2. The van der Waals surface area contributed by atoms with E-state index in [2.05, 4.69) is 32.4 Å². The summed E-state index contributed by atoms with van der Waals surface area (Å²) < 4.78 is 0. The van der Waals surface area contributed by atoms with Crippen LogP contribution in [0, 0.1) is 0 Å². The van der Waals surface area contributed by atoms with Gasteiger partial charge < -0.3 is 15.5 Å².